The zero-order valence-corrected chi connectivity index (χ0v) is 22.4. The minimum absolute atomic E-state index is 0.0558. The zero-order valence-electron chi connectivity index (χ0n) is 22.4. The van der Waals surface area contributed by atoms with E-state index in [9.17, 15) is 4.79 Å². The van der Waals surface area contributed by atoms with Crippen LogP contribution in [-0.2, 0) is 7.05 Å². The second kappa shape index (κ2) is 12.0. The summed E-state index contributed by atoms with van der Waals surface area (Å²) >= 11 is 0. The van der Waals surface area contributed by atoms with Gasteiger partial charge in [-0.2, -0.15) is 5.10 Å². The molecule has 7 nitrogen and oxygen atoms in total. The predicted octanol–water partition coefficient (Wildman–Crippen LogP) is 6.76. The van der Waals surface area contributed by atoms with Crippen molar-refractivity contribution < 1.29 is 14.3 Å². The van der Waals surface area contributed by atoms with Crippen molar-refractivity contribution in [2.75, 3.05) is 18.4 Å². The molecule has 1 aliphatic carbocycles. The number of carbonyl (C=O) groups is 1. The smallest absolute Gasteiger partial charge is 0.321 e. The summed E-state index contributed by atoms with van der Waals surface area (Å²) < 4.78 is 13.9. The number of piperidine rings is 1. The number of nitrogens with zero attached hydrogens (tertiary/aromatic N) is 3. The molecule has 1 aromatic heterocycles. The van der Waals surface area contributed by atoms with E-state index >= 15 is 0 Å². The molecule has 1 aliphatic heterocycles. The summed E-state index contributed by atoms with van der Waals surface area (Å²) in [6.07, 6.45) is 8.09. The van der Waals surface area contributed by atoms with Crippen LogP contribution in [0.15, 0.2) is 61.4 Å². The largest absolute Gasteiger partial charge is 0.490 e. The molecule has 7 heteroatoms. The van der Waals surface area contributed by atoms with Crippen molar-refractivity contribution in [1.82, 2.24) is 14.7 Å². The van der Waals surface area contributed by atoms with Gasteiger partial charge in [0, 0.05) is 56.0 Å². The summed E-state index contributed by atoms with van der Waals surface area (Å²) in [5, 5.41) is 7.26. The number of carbonyl (C=O) groups excluding carboxylic acids is 1. The van der Waals surface area contributed by atoms with Gasteiger partial charge in [0.1, 0.15) is 17.6 Å². The molecular formula is C30H38N4O3. The third-order valence-electron chi connectivity index (χ3n) is 6.43. The van der Waals surface area contributed by atoms with Gasteiger partial charge in [0.2, 0.25) is 0 Å². The van der Waals surface area contributed by atoms with Crippen molar-refractivity contribution in [1.29, 1.82) is 0 Å². The van der Waals surface area contributed by atoms with E-state index in [1.54, 1.807) is 4.68 Å². The number of aromatic nitrogens is 2. The number of nitrogens with one attached hydrogen (secondary N) is 1. The maximum Gasteiger partial charge on any atom is 0.321 e. The molecule has 5 rings (SSSR count). The van der Waals surface area contributed by atoms with Gasteiger partial charge < -0.3 is 19.7 Å². The Hall–Kier alpha value is -3.74. The summed E-state index contributed by atoms with van der Waals surface area (Å²) in [7, 11) is 1.91. The molecule has 0 radical (unpaired) electrons. The van der Waals surface area contributed by atoms with Gasteiger partial charge in [-0.1, -0.05) is 26.5 Å². The van der Waals surface area contributed by atoms with Crippen LogP contribution in [0.5, 0.6) is 11.5 Å². The topological polar surface area (TPSA) is 68.6 Å². The monoisotopic (exact) mass is 502 g/mol. The Bertz CT molecular complexity index is 1210. The highest BCUT2D eigenvalue weighted by Crippen LogP contribution is 2.32. The lowest BCUT2D eigenvalue weighted by atomic mass is 10.0. The Morgan fingerprint density at radius 1 is 0.973 bits per heavy atom. The zero-order chi connectivity index (χ0) is 26.4. The number of benzene rings is 2. The van der Waals surface area contributed by atoms with Gasteiger partial charge in [-0.3, -0.25) is 4.68 Å². The average Bonchev–Trinajstić information content (AvgIpc) is 3.63. The lowest BCUT2D eigenvalue weighted by Crippen LogP contribution is -2.43. The molecule has 1 saturated carbocycles. The quantitative estimate of drug-likeness (QED) is 0.387. The van der Waals surface area contributed by atoms with E-state index < -0.39 is 0 Å². The van der Waals surface area contributed by atoms with Gasteiger partial charge in [0.05, 0.1) is 12.3 Å². The maximum atomic E-state index is 12.7. The summed E-state index contributed by atoms with van der Waals surface area (Å²) in [4.78, 5) is 14.6. The molecule has 1 N–H and O–H groups in total. The van der Waals surface area contributed by atoms with E-state index in [4.69, 9.17) is 9.47 Å². The number of ether oxygens (including phenoxy) is 2. The normalized spacial score (nSPS) is 15.4. The third kappa shape index (κ3) is 6.94. The van der Waals surface area contributed by atoms with E-state index in [0.29, 0.717) is 19.2 Å². The van der Waals surface area contributed by atoms with Crippen LogP contribution in [-0.4, -0.2) is 46.0 Å². The molecule has 37 heavy (non-hydrogen) atoms. The molecular weight excluding hydrogens is 464 g/mol. The fourth-order valence-corrected chi connectivity index (χ4v) is 4.27. The minimum atomic E-state index is -0.0808. The van der Waals surface area contributed by atoms with E-state index in [-0.39, 0.29) is 12.1 Å². The van der Waals surface area contributed by atoms with Crippen molar-refractivity contribution in [2.45, 2.75) is 58.7 Å². The molecule has 0 unspecified atom stereocenters. The molecule has 0 atom stereocenters. The average molecular weight is 503 g/mol. The van der Waals surface area contributed by atoms with Crippen molar-refractivity contribution in [2.24, 2.45) is 7.05 Å². The first kappa shape index (κ1) is 26.3. The molecule has 1 saturated heterocycles. The van der Waals surface area contributed by atoms with E-state index in [2.05, 4.69) is 29.1 Å². The van der Waals surface area contributed by atoms with Gasteiger partial charge in [-0.05, 0) is 67.3 Å². The number of urea groups is 1. The first-order chi connectivity index (χ1) is 17.9. The van der Waals surface area contributed by atoms with Crippen LogP contribution in [0.1, 0.15) is 52.0 Å². The second-order valence-electron chi connectivity index (χ2n) is 9.47. The summed E-state index contributed by atoms with van der Waals surface area (Å²) in [6, 6.07) is 13.7. The SMILES string of the molecule is C=C(C)c1cc(-c2cnn(C)c2)ccc1OC1CCN(C(=O)Nc2ccc(OC3CC3)cc2)CC1.CC. The van der Waals surface area contributed by atoms with Crippen LogP contribution in [0.3, 0.4) is 0 Å². The van der Waals surface area contributed by atoms with Gasteiger partial charge in [0.15, 0.2) is 0 Å². The van der Waals surface area contributed by atoms with Crippen LogP contribution in [0.4, 0.5) is 10.5 Å². The number of hydrogen-bond acceptors (Lipinski definition) is 4. The predicted molar refractivity (Wildman–Crippen MR) is 149 cm³/mol. The van der Waals surface area contributed by atoms with Crippen LogP contribution >= 0.6 is 0 Å². The standard InChI is InChI=1S/C28H32N4O3.C2H6/c1-19(2)26-16-20(21-17-29-31(3)18-21)4-11-27(26)35-25-12-14-32(15-13-25)28(33)30-22-5-7-23(8-6-22)34-24-9-10-24;1-2/h4-8,11,16-18,24-25H,1,9-10,12-15H2,2-3H3,(H,30,33);1-2H3. The van der Waals surface area contributed by atoms with Crippen LogP contribution in [0, 0.1) is 0 Å². The second-order valence-corrected chi connectivity index (χ2v) is 9.47. The lowest BCUT2D eigenvalue weighted by molar-refractivity contribution is 0.115. The maximum absolute atomic E-state index is 12.7. The van der Waals surface area contributed by atoms with E-state index in [1.807, 2.05) is 75.4 Å². The van der Waals surface area contributed by atoms with Gasteiger partial charge in [-0.15, -0.1) is 0 Å². The molecule has 0 spiro atoms. The summed E-state index contributed by atoms with van der Waals surface area (Å²) in [5.41, 5.74) is 4.88. The summed E-state index contributed by atoms with van der Waals surface area (Å²) in [6.45, 7) is 11.4. The van der Waals surface area contributed by atoms with Crippen LogP contribution in [0.25, 0.3) is 16.7 Å². The number of rotatable bonds is 7. The van der Waals surface area contributed by atoms with Crippen LogP contribution < -0.4 is 14.8 Å². The van der Waals surface area contributed by atoms with E-state index in [1.165, 1.54) is 0 Å². The summed E-state index contributed by atoms with van der Waals surface area (Å²) in [5.74, 6) is 1.69. The molecule has 2 fully saturated rings. The molecule has 2 aliphatic rings. The highest BCUT2D eigenvalue weighted by molar-refractivity contribution is 5.89. The number of anilines is 1. The Balaban J connectivity index is 0.00000156. The Morgan fingerprint density at radius 3 is 2.24 bits per heavy atom. The van der Waals surface area contributed by atoms with Crippen molar-refractivity contribution in [3.8, 4) is 22.6 Å². The first-order valence-corrected chi connectivity index (χ1v) is 13.2. The first-order valence-electron chi connectivity index (χ1n) is 13.2. The molecule has 0 bridgehead atoms. The van der Waals surface area contributed by atoms with Crippen molar-refractivity contribution in [3.05, 3.63) is 67.0 Å². The number of allylic oxidation sites excluding steroid dienone is 1. The number of likely N-dealkylation sites (tertiary alicyclic amines) is 1. The fourth-order valence-electron chi connectivity index (χ4n) is 4.27. The number of hydrogen-bond donors (Lipinski definition) is 1. The molecule has 2 aromatic carbocycles. The van der Waals surface area contributed by atoms with Crippen LogP contribution in [0.2, 0.25) is 0 Å². The lowest BCUT2D eigenvalue weighted by Gasteiger charge is -2.32. The van der Waals surface area contributed by atoms with Gasteiger partial charge in [-0.25, -0.2) is 4.79 Å². The Kier molecular flexibility index (Phi) is 8.54. The number of amides is 2. The Morgan fingerprint density at radius 2 is 1.65 bits per heavy atom. The third-order valence-corrected chi connectivity index (χ3v) is 6.43. The Labute approximate surface area is 220 Å². The fraction of sp³-hybridized carbons (Fsp3) is 0.400. The highest BCUT2D eigenvalue weighted by Gasteiger charge is 2.25. The van der Waals surface area contributed by atoms with Gasteiger partial charge in [0.25, 0.3) is 0 Å². The van der Waals surface area contributed by atoms with Gasteiger partial charge >= 0.3 is 6.03 Å². The highest BCUT2D eigenvalue weighted by atomic mass is 16.5. The molecule has 2 heterocycles. The number of aryl methyl sites for hydroxylation is 1. The molecule has 3 aromatic rings. The minimum Gasteiger partial charge on any atom is -0.490 e. The van der Waals surface area contributed by atoms with Crippen molar-refractivity contribution in [3.63, 3.8) is 0 Å². The molecule has 2 amide bonds. The molecule has 196 valence electrons. The van der Waals surface area contributed by atoms with Crippen molar-refractivity contribution >= 4 is 17.3 Å². The van der Waals surface area contributed by atoms with E-state index in [0.717, 1.165) is 65.1 Å².